The van der Waals surface area contributed by atoms with Crippen LogP contribution in [-0.4, -0.2) is 36.3 Å². The molecule has 16 aliphatic rings. The molecule has 0 heterocycles. The summed E-state index contributed by atoms with van der Waals surface area (Å²) in [6.45, 7) is 31.7. The highest BCUT2D eigenvalue weighted by atomic mass is 31.1. The van der Waals surface area contributed by atoms with Crippen molar-refractivity contribution in [2.45, 2.75) is 269 Å². The van der Waals surface area contributed by atoms with Crippen molar-refractivity contribution in [2.24, 2.45) is 90.7 Å². The normalized spacial score (nSPS) is 51.4. The topological polar surface area (TPSA) is 0 Å². The third kappa shape index (κ3) is 6.62. The number of benzene rings is 1. The fraction of sp³-hybridized carbons (Fsp3) is 0.906. The second-order valence-electron chi connectivity index (χ2n) is 34.2. The lowest BCUT2D eigenvalue weighted by molar-refractivity contribution is -0.113. The molecule has 0 saturated heterocycles. The van der Waals surface area contributed by atoms with Crippen LogP contribution >= 0.6 is 15.8 Å². The molecule has 4 radical (unpaired) electrons. The lowest BCUT2D eigenvalue weighted by Gasteiger charge is -2.74. The first-order valence-corrected chi connectivity index (χ1v) is 32.6. The van der Waals surface area contributed by atoms with Crippen molar-refractivity contribution in [1.29, 1.82) is 0 Å². The predicted octanol–water partition coefficient (Wildman–Crippen LogP) is 18.5. The summed E-state index contributed by atoms with van der Waals surface area (Å²) in [5, 5.41) is 1.74. The molecule has 16 bridgehead atoms. The van der Waals surface area contributed by atoms with Gasteiger partial charge in [0.1, 0.15) is 0 Å². The van der Waals surface area contributed by atoms with Crippen molar-refractivity contribution in [1.82, 2.24) is 0 Å². The number of hydrogen-bond donors (Lipinski definition) is 0. The van der Waals surface area contributed by atoms with Gasteiger partial charge in [-0.3, -0.25) is 0 Å². The van der Waals surface area contributed by atoms with Crippen molar-refractivity contribution in [3.63, 3.8) is 0 Å². The minimum absolute atomic E-state index is 0.169. The lowest BCUT2D eigenvalue weighted by Crippen LogP contribution is -2.64. The maximum Gasteiger partial charge on any atom is 0.0827 e. The molecular weight excluding hydrogens is 852 g/mol. The van der Waals surface area contributed by atoms with E-state index in [1.807, 2.05) is 0 Å². The summed E-state index contributed by atoms with van der Waals surface area (Å²) in [5.41, 5.74) is 6.72. The van der Waals surface area contributed by atoms with Crippen molar-refractivity contribution in [3.8, 4) is 0 Å². The molecule has 0 aliphatic heterocycles. The summed E-state index contributed by atoms with van der Waals surface area (Å²) < 4.78 is 0. The highest BCUT2D eigenvalue weighted by molar-refractivity contribution is 7.63. The van der Waals surface area contributed by atoms with Gasteiger partial charge in [0.25, 0.3) is 0 Å². The summed E-state index contributed by atoms with van der Waals surface area (Å²) >= 11 is 0. The van der Waals surface area contributed by atoms with Gasteiger partial charge < -0.3 is 0 Å². The van der Waals surface area contributed by atoms with Crippen LogP contribution < -0.4 is 0 Å². The van der Waals surface area contributed by atoms with Gasteiger partial charge in [-0.1, -0.05) is 123 Å². The van der Waals surface area contributed by atoms with Crippen molar-refractivity contribution in [3.05, 3.63) is 35.4 Å². The molecule has 16 fully saturated rings. The molecule has 0 N–H and O–H groups in total. The van der Waals surface area contributed by atoms with Gasteiger partial charge in [-0.25, -0.2) is 0 Å². The van der Waals surface area contributed by atoms with E-state index in [-0.39, 0.29) is 11.1 Å². The van der Waals surface area contributed by atoms with Gasteiger partial charge in [0.05, 0.1) is 15.7 Å². The molecule has 1 aromatic rings. The summed E-state index contributed by atoms with van der Waals surface area (Å²) in [5.74, 6) is 7.35. The summed E-state index contributed by atoms with van der Waals surface area (Å²) in [7, 11) is 15.9. The Morgan fingerprint density at radius 1 is 0.338 bits per heavy atom. The third-order valence-electron chi connectivity index (χ3n) is 26.7. The van der Waals surface area contributed by atoms with E-state index in [9.17, 15) is 0 Å². The molecule has 0 nitrogen and oxygen atoms in total. The lowest BCUT2D eigenvalue weighted by atomic mass is 9.43. The van der Waals surface area contributed by atoms with E-state index in [2.05, 4.69) is 107 Å². The summed E-state index contributed by atoms with van der Waals surface area (Å²) in [4.78, 5) is 0. The van der Waals surface area contributed by atoms with E-state index in [0.29, 0.717) is 63.9 Å². The van der Waals surface area contributed by atoms with Crippen LogP contribution in [0.25, 0.3) is 0 Å². The molecule has 16 saturated carbocycles. The maximum atomic E-state index is 8.39. The van der Waals surface area contributed by atoms with Gasteiger partial charge in [-0.05, 0) is 288 Å². The zero-order valence-corrected chi connectivity index (χ0v) is 47.9. The van der Waals surface area contributed by atoms with Crippen LogP contribution in [0.2, 0.25) is 0 Å². The molecule has 4 heteroatoms. The second-order valence-corrected chi connectivity index (χ2v) is 40.5. The Morgan fingerprint density at radius 3 is 0.676 bits per heavy atom. The largest absolute Gasteiger partial charge is 0.0952 e. The van der Waals surface area contributed by atoms with Crippen LogP contribution in [-0.2, 0) is 0 Å². The molecule has 16 aliphatic carbocycles. The average molecular weight is 951 g/mol. The van der Waals surface area contributed by atoms with E-state index < -0.39 is 15.8 Å². The third-order valence-corrected chi connectivity index (χ3v) is 34.6. The smallest absolute Gasteiger partial charge is 0.0827 e. The molecule has 1 aromatic carbocycles. The molecule has 17 rings (SSSR count). The molecule has 10 atom stereocenters. The summed E-state index contributed by atoms with van der Waals surface area (Å²) in [6.07, 6.45) is 35.8. The Bertz CT molecular complexity index is 1840. The first-order chi connectivity index (χ1) is 31.6. The van der Waals surface area contributed by atoms with Crippen LogP contribution in [0.5, 0.6) is 0 Å². The van der Waals surface area contributed by atoms with E-state index in [0.717, 1.165) is 47.3 Å². The van der Waals surface area contributed by atoms with Crippen LogP contribution in [0.4, 0.5) is 0 Å². The quantitative estimate of drug-likeness (QED) is 0.180. The van der Waals surface area contributed by atoms with Gasteiger partial charge in [0.15, 0.2) is 0 Å². The Hall–Kier alpha value is 0.210. The molecule has 0 amide bonds. The van der Waals surface area contributed by atoms with Gasteiger partial charge in [-0.2, -0.15) is 0 Å². The van der Waals surface area contributed by atoms with E-state index >= 15 is 0 Å². The molecular formula is C64H98B2P2. The van der Waals surface area contributed by atoms with Crippen LogP contribution in [0.3, 0.4) is 0 Å². The van der Waals surface area contributed by atoms with E-state index in [1.165, 1.54) is 165 Å². The zero-order chi connectivity index (χ0) is 47.9. The zero-order valence-electron chi connectivity index (χ0n) is 46.1. The number of rotatable bonds is 8. The van der Waals surface area contributed by atoms with Crippen molar-refractivity contribution >= 4 is 31.5 Å². The maximum absolute atomic E-state index is 8.39. The summed E-state index contributed by atoms with van der Waals surface area (Å²) in [6, 6.07) is 10.6. The molecule has 68 heavy (non-hydrogen) atoms. The Labute approximate surface area is 424 Å². The molecule has 0 spiro atoms. The predicted molar refractivity (Wildman–Crippen MR) is 294 cm³/mol. The second kappa shape index (κ2) is 14.6. The fourth-order valence-electron chi connectivity index (χ4n) is 24.9. The average Bonchev–Trinajstić information content (AvgIpc) is 3.17. The van der Waals surface area contributed by atoms with Crippen molar-refractivity contribution in [2.75, 3.05) is 0 Å². The molecule has 0 aromatic heterocycles. The van der Waals surface area contributed by atoms with Gasteiger partial charge in [0, 0.05) is 0 Å². The van der Waals surface area contributed by atoms with Gasteiger partial charge >= 0.3 is 0 Å². The van der Waals surface area contributed by atoms with E-state index in [1.54, 1.807) is 0 Å². The first kappa shape index (κ1) is 47.9. The fourth-order valence-corrected chi connectivity index (χ4v) is 35.7. The Kier molecular flexibility index (Phi) is 10.3. The minimum Gasteiger partial charge on any atom is -0.0952 e. The van der Waals surface area contributed by atoms with Crippen molar-refractivity contribution < 1.29 is 0 Å². The number of hydrogen-bond acceptors (Lipinski definition) is 0. The standard InChI is InChI=1S/C64H98B2P2/c1-53(2,3)57-21-41-17-42(22-57)30-61(29-41,37-57)67(62-31-43-18-44(32-62)24-58(23-43,38-62)54(4,5)6)51(65)49-13-15-50(16-14-49)52(66)68(63-33-45-19-46(34-63)26-59(25-45,39-63)55(7,8)9)64-35-47-20-48(36-64)28-60(27-47,40-64)56(10,11)12/h13-16,41-48,51-52H,17-40H2,1-12H3. The Balaban J connectivity index is 0.906. The van der Waals surface area contributed by atoms with Gasteiger partial charge in [-0.15, -0.1) is 0 Å². The Morgan fingerprint density at radius 2 is 0.515 bits per heavy atom. The SMILES string of the molecule is [B]C(c1ccc(C([B])P(C23CC4CC(C2)CC(C(C)(C)C)(C4)C3)C23CC4CC(C2)CC(C(C)(C)C)(C4)C3)cc1)P(C12CC3CC(C1)CC(C(C)(C)C)(C3)C2)C12CC3CC(C1)CC(C(C)(C)C)(C3)C2. The highest BCUT2D eigenvalue weighted by Gasteiger charge is 2.72. The highest BCUT2D eigenvalue weighted by Crippen LogP contribution is 2.89. The first-order valence-electron chi connectivity index (χ1n) is 29.8. The van der Waals surface area contributed by atoms with Crippen LogP contribution in [0, 0.1) is 90.7 Å². The monoisotopic (exact) mass is 951 g/mol. The van der Waals surface area contributed by atoms with Gasteiger partial charge in [0.2, 0.25) is 0 Å². The molecule has 10 unspecified atom stereocenters. The molecule has 370 valence electrons. The minimum atomic E-state index is -0.463. The van der Waals surface area contributed by atoms with Crippen LogP contribution in [0.15, 0.2) is 24.3 Å². The van der Waals surface area contributed by atoms with E-state index in [4.69, 9.17) is 15.7 Å². The van der Waals surface area contributed by atoms with Crippen LogP contribution in [0.1, 0.15) is 259 Å².